The molecule has 0 aliphatic heterocycles. The van der Waals surface area contributed by atoms with E-state index in [1.165, 1.54) is 0 Å². The normalized spacial score (nSPS) is 10.9. The molecule has 0 saturated carbocycles. The number of rotatable bonds is 36. The third kappa shape index (κ3) is 19.4. The summed E-state index contributed by atoms with van der Waals surface area (Å²) >= 11 is 0. The number of benzene rings is 3. The Morgan fingerprint density at radius 3 is 0.741 bits per heavy atom. The van der Waals surface area contributed by atoms with Crippen LogP contribution in [0, 0.1) is 0 Å². The zero-order chi connectivity index (χ0) is 41.5. The van der Waals surface area contributed by atoms with Crippen LogP contribution in [0.5, 0.6) is 51.7 Å². The minimum atomic E-state index is -1.33. The van der Waals surface area contributed by atoms with E-state index in [0.29, 0.717) is 171 Å². The molecule has 0 aromatic heterocycles. The molecular weight excluding hydrogens is 755 g/mol. The van der Waals surface area contributed by atoms with Gasteiger partial charge in [0.2, 0.25) is 0 Å². The van der Waals surface area contributed by atoms with Gasteiger partial charge in [-0.1, -0.05) is 0 Å². The predicted octanol–water partition coefficient (Wildman–Crippen LogP) is 6.70. The molecule has 0 aliphatic carbocycles. The second-order valence-corrected chi connectivity index (χ2v) is 11.7. The van der Waals surface area contributed by atoms with Crippen LogP contribution in [0.15, 0.2) is 54.6 Å². The summed E-state index contributed by atoms with van der Waals surface area (Å²) in [6, 6.07) is 15.6. The van der Waals surface area contributed by atoms with Crippen LogP contribution in [0.4, 0.5) is 0 Å². The molecule has 324 valence electrons. The molecule has 0 saturated heterocycles. The van der Waals surface area contributed by atoms with Gasteiger partial charge in [-0.15, -0.1) is 0 Å². The summed E-state index contributed by atoms with van der Waals surface area (Å²) in [4.78, 5) is 0. The van der Waals surface area contributed by atoms with Crippen LogP contribution in [0.2, 0.25) is 0 Å². The van der Waals surface area contributed by atoms with E-state index >= 15 is 0 Å². The largest absolute Gasteiger partial charge is 0.864 e. The van der Waals surface area contributed by atoms with Gasteiger partial charge in [-0.3, -0.25) is 0 Å². The van der Waals surface area contributed by atoms with Crippen molar-refractivity contribution in [2.45, 2.75) is 41.5 Å². The lowest BCUT2D eigenvalue weighted by molar-refractivity contribution is 0.0997. The standard InChI is InChI=1S/C42H63BO15/c1-7-44-19-25-50-37-16-13-34(31-40(37)53-28-22-47-10-4)56-43(57-35-14-17-38(51-26-20-45-8-2)41(32-35)54-29-23-48-11-5)58-36-15-18-39(52-27-21-46-9-3)42(33-36)55-30-24-49-12-6/h13-18,31-33H,7-12,19-30H2,1-6H3. The molecule has 58 heavy (non-hydrogen) atoms. The maximum atomic E-state index is 6.39. The van der Waals surface area contributed by atoms with E-state index in [4.69, 9.17) is 70.8 Å². The molecule has 0 atom stereocenters. The fraction of sp³-hybridized carbons (Fsp3) is 0.571. The molecule has 0 unspecified atom stereocenters. The molecule has 0 aliphatic rings. The van der Waals surface area contributed by atoms with Crippen molar-refractivity contribution in [3.05, 3.63) is 54.6 Å². The summed E-state index contributed by atoms with van der Waals surface area (Å²) in [5, 5.41) is 0. The zero-order valence-corrected chi connectivity index (χ0v) is 35.1. The van der Waals surface area contributed by atoms with Gasteiger partial charge in [0.1, 0.15) is 56.9 Å². The third-order valence-corrected chi connectivity index (χ3v) is 7.58. The van der Waals surface area contributed by atoms with Gasteiger partial charge in [0.25, 0.3) is 0 Å². The van der Waals surface area contributed by atoms with Gasteiger partial charge >= 0.3 is 7.32 Å². The Morgan fingerprint density at radius 1 is 0.293 bits per heavy atom. The molecule has 0 N–H and O–H groups in total. The Bertz CT molecular complexity index is 1320. The lowest BCUT2D eigenvalue weighted by Crippen LogP contribution is -2.37. The Morgan fingerprint density at radius 2 is 0.517 bits per heavy atom. The van der Waals surface area contributed by atoms with Crippen molar-refractivity contribution in [1.29, 1.82) is 0 Å². The monoisotopic (exact) mass is 818 g/mol. The molecule has 3 aromatic rings. The van der Waals surface area contributed by atoms with Crippen LogP contribution < -0.4 is 42.4 Å². The highest BCUT2D eigenvalue weighted by Crippen LogP contribution is 2.36. The molecule has 0 fully saturated rings. The molecule has 16 heteroatoms. The summed E-state index contributed by atoms with van der Waals surface area (Å²) < 4.78 is 88.1. The van der Waals surface area contributed by atoms with Crippen molar-refractivity contribution in [3.8, 4) is 51.7 Å². The predicted molar refractivity (Wildman–Crippen MR) is 219 cm³/mol. The number of hydrogen-bond acceptors (Lipinski definition) is 15. The molecule has 0 spiro atoms. The Kier molecular flexibility index (Phi) is 25.5. The third-order valence-electron chi connectivity index (χ3n) is 7.58. The van der Waals surface area contributed by atoms with E-state index < -0.39 is 7.32 Å². The molecule has 3 rings (SSSR count). The van der Waals surface area contributed by atoms with Gasteiger partial charge in [0.15, 0.2) is 34.5 Å². The summed E-state index contributed by atoms with van der Waals surface area (Å²) in [6.07, 6.45) is 0. The number of hydrogen-bond donors (Lipinski definition) is 0. The van der Waals surface area contributed by atoms with Crippen LogP contribution in [0.25, 0.3) is 0 Å². The molecule has 0 amide bonds. The van der Waals surface area contributed by atoms with Gasteiger partial charge < -0.3 is 70.8 Å². The van der Waals surface area contributed by atoms with Gasteiger partial charge in [-0.2, -0.15) is 0 Å². The first-order chi connectivity index (χ1) is 28.5. The van der Waals surface area contributed by atoms with E-state index in [1.54, 1.807) is 54.6 Å². The number of ether oxygens (including phenoxy) is 12. The van der Waals surface area contributed by atoms with Crippen molar-refractivity contribution in [1.82, 2.24) is 0 Å². The maximum Gasteiger partial charge on any atom is 0.864 e. The highest BCUT2D eigenvalue weighted by atomic mass is 16.7. The molecule has 3 aromatic carbocycles. The van der Waals surface area contributed by atoms with Crippen molar-refractivity contribution in [2.24, 2.45) is 0 Å². The van der Waals surface area contributed by atoms with Crippen molar-refractivity contribution in [3.63, 3.8) is 0 Å². The summed E-state index contributed by atoms with van der Waals surface area (Å²) in [7, 11) is -1.33. The van der Waals surface area contributed by atoms with Gasteiger partial charge in [0.05, 0.1) is 39.6 Å². The smallest absolute Gasteiger partial charge is 0.489 e. The van der Waals surface area contributed by atoms with Crippen LogP contribution in [0.1, 0.15) is 41.5 Å². The first-order valence-corrected chi connectivity index (χ1v) is 20.2. The van der Waals surface area contributed by atoms with E-state index in [2.05, 4.69) is 0 Å². The van der Waals surface area contributed by atoms with Crippen molar-refractivity contribution >= 4 is 7.32 Å². The fourth-order valence-electron chi connectivity index (χ4n) is 4.92. The molecular formula is C42H63BO15. The fourth-order valence-corrected chi connectivity index (χ4v) is 4.92. The highest BCUT2D eigenvalue weighted by molar-refractivity contribution is 6.39. The first-order valence-electron chi connectivity index (χ1n) is 20.2. The zero-order valence-electron chi connectivity index (χ0n) is 35.1. The maximum absolute atomic E-state index is 6.39. The van der Waals surface area contributed by atoms with Crippen molar-refractivity contribution in [2.75, 3.05) is 119 Å². The van der Waals surface area contributed by atoms with Gasteiger partial charge in [0, 0.05) is 57.8 Å². The molecule has 0 bridgehead atoms. The molecule has 0 heterocycles. The Balaban J connectivity index is 1.96. The van der Waals surface area contributed by atoms with Gasteiger partial charge in [-0.05, 0) is 77.9 Å². The average molecular weight is 819 g/mol. The van der Waals surface area contributed by atoms with E-state index in [0.717, 1.165) is 0 Å². The second-order valence-electron chi connectivity index (χ2n) is 11.7. The van der Waals surface area contributed by atoms with Crippen LogP contribution >= 0.6 is 0 Å². The quantitative estimate of drug-likeness (QED) is 0.0454. The van der Waals surface area contributed by atoms with E-state index in [9.17, 15) is 0 Å². The van der Waals surface area contributed by atoms with Crippen LogP contribution in [-0.4, -0.2) is 126 Å². The van der Waals surface area contributed by atoms with E-state index in [-0.39, 0.29) is 0 Å². The molecule has 0 radical (unpaired) electrons. The SMILES string of the molecule is CCOCCOc1ccc(OB(Oc2ccc(OCCOCC)c(OCCOCC)c2)Oc2ccc(OCCOCC)c(OCCOCC)c2)cc1OCCOCC. The minimum absolute atomic E-state index is 0.297. The molecule has 15 nitrogen and oxygen atoms in total. The average Bonchev–Trinajstić information content (AvgIpc) is 3.23. The summed E-state index contributed by atoms with van der Waals surface area (Å²) in [5.41, 5.74) is 0. The van der Waals surface area contributed by atoms with Crippen molar-refractivity contribution < 1.29 is 70.8 Å². The van der Waals surface area contributed by atoms with Crippen LogP contribution in [0.3, 0.4) is 0 Å². The second kappa shape index (κ2) is 30.7. The van der Waals surface area contributed by atoms with Crippen LogP contribution in [-0.2, 0) is 28.4 Å². The lowest BCUT2D eigenvalue weighted by Gasteiger charge is -2.20. The summed E-state index contributed by atoms with van der Waals surface area (Å²) in [6.45, 7) is 19.4. The summed E-state index contributed by atoms with van der Waals surface area (Å²) in [5.74, 6) is 4.03. The minimum Gasteiger partial charge on any atom is -0.489 e. The topological polar surface area (TPSA) is 138 Å². The first kappa shape index (κ1) is 48.1. The Hall–Kier alpha value is -4.32. The van der Waals surface area contributed by atoms with Gasteiger partial charge in [-0.25, -0.2) is 0 Å². The highest BCUT2D eigenvalue weighted by Gasteiger charge is 2.32. The lowest BCUT2D eigenvalue weighted by atomic mass is 10.1. The Labute approximate surface area is 344 Å². The van der Waals surface area contributed by atoms with E-state index in [1.807, 2.05) is 41.5 Å².